The van der Waals surface area contributed by atoms with Gasteiger partial charge in [-0.2, -0.15) is 0 Å². The Morgan fingerprint density at radius 3 is 2.32 bits per heavy atom. The Hall–Kier alpha value is 0.480. The molecule has 0 bridgehead atoms. The first-order valence-electron chi connectivity index (χ1n) is 10.1. The monoisotopic (exact) mass is 366 g/mol. The predicted molar refractivity (Wildman–Crippen MR) is 98.2 cm³/mol. The van der Waals surface area contributed by atoms with Crippen LogP contribution in [-0.2, 0) is 0 Å². The Morgan fingerprint density at radius 1 is 0.818 bits per heavy atom. The average Bonchev–Trinajstić information content (AvgIpc) is 2.83. The van der Waals surface area contributed by atoms with E-state index in [1.165, 1.54) is 44.9 Å². The summed E-state index contributed by atoms with van der Waals surface area (Å²) in [5.41, 5.74) is 1.35. The molecule has 4 rings (SSSR count). The van der Waals surface area contributed by atoms with Gasteiger partial charge in [-0.05, 0) is 91.8 Å². The normalized spacial score (nSPS) is 57.8. The second kappa shape index (κ2) is 5.50. The molecule has 0 aromatic heterocycles. The van der Waals surface area contributed by atoms with E-state index >= 15 is 0 Å². The fraction of sp³-hybridized carbons (Fsp3) is 1.00. The minimum atomic E-state index is 0.654. The van der Waals surface area contributed by atoms with Gasteiger partial charge in [-0.1, -0.05) is 49.5 Å². The predicted octanol–water partition coefficient (Wildman–Crippen LogP) is 6.82. The molecule has 4 aliphatic rings. The van der Waals surface area contributed by atoms with Crippen molar-refractivity contribution in [2.24, 2.45) is 40.4 Å². The lowest BCUT2D eigenvalue weighted by atomic mass is 9.45. The van der Waals surface area contributed by atoms with Gasteiger partial charge >= 0.3 is 0 Å². The van der Waals surface area contributed by atoms with E-state index in [1.54, 1.807) is 19.3 Å². The minimum Gasteiger partial charge on any atom is -0.0887 e. The van der Waals surface area contributed by atoms with E-state index < -0.39 is 0 Å². The summed E-state index contributed by atoms with van der Waals surface area (Å²) in [6.45, 7) is 7.81. The Kier molecular flexibility index (Phi) is 3.99. The van der Waals surface area contributed by atoms with E-state index in [2.05, 4.69) is 36.7 Å². The van der Waals surface area contributed by atoms with E-state index in [4.69, 9.17) is 0 Å². The van der Waals surface area contributed by atoms with Crippen LogP contribution >= 0.6 is 15.9 Å². The topological polar surface area (TPSA) is 0 Å². The van der Waals surface area contributed by atoms with Crippen molar-refractivity contribution in [2.75, 3.05) is 0 Å². The number of fused-ring (bicyclic) bond motifs is 5. The van der Waals surface area contributed by atoms with E-state index in [0.717, 1.165) is 34.4 Å². The van der Waals surface area contributed by atoms with Crippen molar-refractivity contribution in [2.45, 2.75) is 89.8 Å². The van der Waals surface area contributed by atoms with Gasteiger partial charge in [-0.25, -0.2) is 0 Å². The Morgan fingerprint density at radius 2 is 1.55 bits per heavy atom. The fourth-order valence-corrected chi connectivity index (χ4v) is 9.30. The molecule has 1 heteroatoms. The van der Waals surface area contributed by atoms with Gasteiger partial charge in [0.1, 0.15) is 0 Å². The van der Waals surface area contributed by atoms with Gasteiger partial charge in [-0.15, -0.1) is 0 Å². The van der Waals surface area contributed by atoms with Gasteiger partial charge in [0.25, 0.3) is 0 Å². The summed E-state index contributed by atoms with van der Waals surface area (Å²) in [7, 11) is 0. The number of rotatable bonds is 1. The molecule has 2 unspecified atom stereocenters. The number of alkyl halides is 1. The third-order valence-corrected chi connectivity index (χ3v) is 10.4. The van der Waals surface area contributed by atoms with Gasteiger partial charge in [0.15, 0.2) is 0 Å². The molecule has 0 N–H and O–H groups in total. The van der Waals surface area contributed by atoms with Crippen LogP contribution < -0.4 is 0 Å². The van der Waals surface area contributed by atoms with Crippen molar-refractivity contribution < 1.29 is 0 Å². The third kappa shape index (κ3) is 2.06. The zero-order chi connectivity index (χ0) is 15.5. The lowest BCUT2D eigenvalue weighted by Gasteiger charge is -2.61. The highest BCUT2D eigenvalue weighted by molar-refractivity contribution is 9.09. The van der Waals surface area contributed by atoms with Crippen molar-refractivity contribution in [3.63, 3.8) is 0 Å². The van der Waals surface area contributed by atoms with Crippen LogP contribution in [0.1, 0.15) is 85.0 Å². The van der Waals surface area contributed by atoms with E-state index in [0.29, 0.717) is 10.8 Å². The van der Waals surface area contributed by atoms with Crippen LogP contribution in [0, 0.1) is 40.4 Å². The molecule has 0 aromatic carbocycles. The van der Waals surface area contributed by atoms with Crippen LogP contribution in [-0.4, -0.2) is 4.83 Å². The molecule has 8 atom stereocenters. The standard InChI is InChI=1S/C21H35Br/c1-4-14-7-9-16-15-8-10-18-19(22)6-5-12-21(18,3)17(15)11-13-20(14,16)2/h14-19H,4-13H2,1-3H3/t14-,15-,16-,17-,18?,19?,20+,21+/m0/s1. The maximum Gasteiger partial charge on any atom is 0.0179 e. The molecule has 0 spiro atoms. The molecule has 0 aromatic rings. The van der Waals surface area contributed by atoms with Crippen LogP contribution in [0.2, 0.25) is 0 Å². The van der Waals surface area contributed by atoms with Crippen molar-refractivity contribution in [1.29, 1.82) is 0 Å². The molecule has 4 fully saturated rings. The highest BCUT2D eigenvalue weighted by atomic mass is 79.9. The summed E-state index contributed by atoms with van der Waals surface area (Å²) in [5, 5.41) is 0. The highest BCUT2D eigenvalue weighted by Gasteiger charge is 2.60. The Balaban J connectivity index is 1.63. The first-order chi connectivity index (χ1) is 10.5. The first-order valence-corrected chi connectivity index (χ1v) is 11.1. The molecule has 22 heavy (non-hydrogen) atoms. The average molecular weight is 367 g/mol. The van der Waals surface area contributed by atoms with E-state index in [1.807, 2.05) is 0 Å². The Bertz CT molecular complexity index is 432. The van der Waals surface area contributed by atoms with Crippen LogP contribution in [0.25, 0.3) is 0 Å². The van der Waals surface area contributed by atoms with Crippen molar-refractivity contribution in [3.05, 3.63) is 0 Å². The SMILES string of the molecule is CC[C@H]1CC[C@H]2[C@@H]3CCC4C(Br)CCC[C@]4(C)[C@H]3CC[C@]12C. The summed E-state index contributed by atoms with van der Waals surface area (Å²) in [4.78, 5) is 0.812. The summed E-state index contributed by atoms with van der Waals surface area (Å²) < 4.78 is 0. The van der Waals surface area contributed by atoms with Crippen molar-refractivity contribution in [1.82, 2.24) is 0 Å². The van der Waals surface area contributed by atoms with Crippen LogP contribution in [0.4, 0.5) is 0 Å². The minimum absolute atomic E-state index is 0.654. The van der Waals surface area contributed by atoms with Gasteiger partial charge in [0.2, 0.25) is 0 Å². The summed E-state index contributed by atoms with van der Waals surface area (Å²) in [6.07, 6.45) is 15.0. The van der Waals surface area contributed by atoms with Gasteiger partial charge in [0.05, 0.1) is 0 Å². The van der Waals surface area contributed by atoms with Crippen molar-refractivity contribution in [3.8, 4) is 0 Å². The largest absolute Gasteiger partial charge is 0.0887 e. The van der Waals surface area contributed by atoms with Gasteiger partial charge < -0.3 is 0 Å². The van der Waals surface area contributed by atoms with Crippen LogP contribution in [0.5, 0.6) is 0 Å². The summed E-state index contributed by atoms with van der Waals surface area (Å²) >= 11 is 4.07. The second-order valence-electron chi connectivity index (χ2n) is 9.70. The molecule has 0 amide bonds. The maximum atomic E-state index is 4.07. The third-order valence-electron chi connectivity index (χ3n) is 9.26. The fourth-order valence-electron chi connectivity index (χ4n) is 8.11. The zero-order valence-electron chi connectivity index (χ0n) is 14.9. The molecule has 126 valence electrons. The lowest BCUT2D eigenvalue weighted by Crippen LogP contribution is -2.54. The van der Waals surface area contributed by atoms with Crippen LogP contribution in [0.3, 0.4) is 0 Å². The zero-order valence-corrected chi connectivity index (χ0v) is 16.5. The van der Waals surface area contributed by atoms with Gasteiger partial charge in [0, 0.05) is 4.83 Å². The molecule has 0 saturated heterocycles. The number of hydrogen-bond donors (Lipinski definition) is 0. The molecule has 0 radical (unpaired) electrons. The smallest absolute Gasteiger partial charge is 0.0179 e. The quantitative estimate of drug-likeness (QED) is 0.446. The molecule has 0 heterocycles. The second-order valence-corrected chi connectivity index (χ2v) is 10.9. The summed E-state index contributed by atoms with van der Waals surface area (Å²) in [5.74, 6) is 5.16. The number of hydrogen-bond acceptors (Lipinski definition) is 0. The highest BCUT2D eigenvalue weighted by Crippen LogP contribution is 2.68. The van der Waals surface area contributed by atoms with Crippen LogP contribution in [0.15, 0.2) is 0 Å². The molecular weight excluding hydrogens is 332 g/mol. The van der Waals surface area contributed by atoms with E-state index in [-0.39, 0.29) is 0 Å². The molecule has 0 nitrogen and oxygen atoms in total. The Labute approximate surface area is 146 Å². The van der Waals surface area contributed by atoms with E-state index in [9.17, 15) is 0 Å². The number of halogens is 1. The summed E-state index contributed by atoms with van der Waals surface area (Å²) in [6, 6.07) is 0. The molecule has 0 aliphatic heterocycles. The molecule has 4 saturated carbocycles. The van der Waals surface area contributed by atoms with Crippen molar-refractivity contribution >= 4 is 15.9 Å². The maximum absolute atomic E-state index is 4.07. The first kappa shape index (κ1) is 16.0. The lowest BCUT2D eigenvalue weighted by molar-refractivity contribution is -0.108. The van der Waals surface area contributed by atoms with Gasteiger partial charge in [-0.3, -0.25) is 0 Å². The molecule has 4 aliphatic carbocycles. The molecular formula is C21H35Br.